The molecule has 9 heteroatoms. The summed E-state index contributed by atoms with van der Waals surface area (Å²) in [5.74, 6) is -0.779. The Morgan fingerprint density at radius 1 is 1.34 bits per heavy atom. The molecule has 0 radical (unpaired) electrons. The van der Waals surface area contributed by atoms with E-state index in [0.717, 1.165) is 11.1 Å². The Balaban J connectivity index is 1.87. The Morgan fingerprint density at radius 3 is 2.69 bits per heavy atom. The lowest BCUT2D eigenvalue weighted by Gasteiger charge is -2.28. The maximum atomic E-state index is 11.6. The van der Waals surface area contributed by atoms with Crippen LogP contribution in [0.25, 0.3) is 11.3 Å². The third-order valence-corrected chi connectivity index (χ3v) is 4.42. The largest absolute Gasteiger partial charge is 0.364 e. The van der Waals surface area contributed by atoms with E-state index in [1.165, 1.54) is 10.9 Å². The summed E-state index contributed by atoms with van der Waals surface area (Å²) >= 11 is 0. The zero-order valence-corrected chi connectivity index (χ0v) is 15.8. The van der Waals surface area contributed by atoms with Gasteiger partial charge in [-0.15, -0.1) is 0 Å². The molecule has 1 aromatic carbocycles. The molecule has 0 fully saturated rings. The van der Waals surface area contributed by atoms with Crippen molar-refractivity contribution in [1.29, 1.82) is 5.26 Å². The van der Waals surface area contributed by atoms with Crippen molar-refractivity contribution >= 4 is 23.2 Å². The molecule has 0 saturated carbocycles. The number of hydrogen-bond donors (Lipinski definition) is 3. The number of nitrogens with one attached hydrogen (secondary N) is 1. The van der Waals surface area contributed by atoms with Gasteiger partial charge < -0.3 is 21.5 Å². The zero-order valence-electron chi connectivity index (χ0n) is 15.8. The predicted molar refractivity (Wildman–Crippen MR) is 107 cm³/mol. The normalized spacial score (nSPS) is 18.0. The molecule has 9 nitrogen and oxygen atoms in total. The number of rotatable bonds is 6. The third kappa shape index (κ3) is 4.51. The van der Waals surface area contributed by atoms with Crippen LogP contribution in [0.4, 0.5) is 10.5 Å². The summed E-state index contributed by atoms with van der Waals surface area (Å²) in [5.41, 5.74) is 12.5. The average Bonchev–Trinajstić information content (AvgIpc) is 3.10. The third-order valence-electron chi connectivity index (χ3n) is 4.42. The van der Waals surface area contributed by atoms with Crippen LogP contribution in [0.15, 0.2) is 48.7 Å². The van der Waals surface area contributed by atoms with Gasteiger partial charge in [0.1, 0.15) is 6.61 Å². The lowest BCUT2D eigenvalue weighted by molar-refractivity contribution is 0.0283. The Morgan fingerprint density at radius 2 is 2.07 bits per heavy atom. The Kier molecular flexibility index (Phi) is 5.47. The van der Waals surface area contributed by atoms with Crippen molar-refractivity contribution in [3.63, 3.8) is 0 Å². The van der Waals surface area contributed by atoms with Gasteiger partial charge in [-0.2, -0.15) is 10.4 Å². The molecular formula is C20H20N6O3. The number of nitrogens with two attached hydrogens (primary N) is 2. The fourth-order valence-corrected chi connectivity index (χ4v) is 3.05. The fraction of sp³-hybridized carbons (Fsp3) is 0.200. The topological polar surface area (TPSA) is 149 Å². The summed E-state index contributed by atoms with van der Waals surface area (Å²) < 4.78 is 7.07. The summed E-state index contributed by atoms with van der Waals surface area (Å²) in [6.45, 7) is 1.96. The predicted octanol–water partition coefficient (Wildman–Crippen LogP) is 2.10. The number of hydrogen-bond acceptors (Lipinski definition) is 5. The van der Waals surface area contributed by atoms with E-state index in [9.17, 15) is 9.59 Å². The van der Waals surface area contributed by atoms with Crippen LogP contribution in [0.1, 0.15) is 29.4 Å². The van der Waals surface area contributed by atoms with Crippen molar-refractivity contribution in [1.82, 2.24) is 9.78 Å². The van der Waals surface area contributed by atoms with Crippen molar-refractivity contribution in [3.8, 4) is 11.8 Å². The van der Waals surface area contributed by atoms with Gasteiger partial charge in [0, 0.05) is 0 Å². The van der Waals surface area contributed by atoms with E-state index in [2.05, 4.69) is 10.4 Å². The van der Waals surface area contributed by atoms with E-state index >= 15 is 0 Å². The first-order valence-corrected chi connectivity index (χ1v) is 8.78. The molecule has 1 unspecified atom stereocenters. The maximum absolute atomic E-state index is 11.6. The molecule has 5 N–H and O–H groups in total. The number of urea groups is 1. The number of nitrogens with zero attached hydrogens (tertiary/aromatic N) is 3. The minimum absolute atomic E-state index is 0.0240. The monoisotopic (exact) mass is 392 g/mol. The van der Waals surface area contributed by atoms with Crippen LogP contribution in [-0.2, 0) is 4.74 Å². The number of carbonyl (C=O) groups excluding carboxylic acids is 2. The van der Waals surface area contributed by atoms with Crippen molar-refractivity contribution in [2.75, 3.05) is 11.9 Å². The summed E-state index contributed by atoms with van der Waals surface area (Å²) in [5, 5.41) is 15.2. The Hall–Kier alpha value is -3.90. The van der Waals surface area contributed by atoms with Crippen LogP contribution in [0.2, 0.25) is 0 Å². The highest BCUT2D eigenvalue weighted by Gasteiger charge is 2.24. The van der Waals surface area contributed by atoms with Gasteiger partial charge in [-0.05, 0) is 42.7 Å². The van der Waals surface area contributed by atoms with Crippen LogP contribution >= 0.6 is 0 Å². The van der Waals surface area contributed by atoms with E-state index in [0.29, 0.717) is 12.1 Å². The molecule has 29 heavy (non-hydrogen) atoms. The van der Waals surface area contributed by atoms with E-state index in [-0.39, 0.29) is 18.0 Å². The van der Waals surface area contributed by atoms with Gasteiger partial charge in [0.15, 0.2) is 5.69 Å². The van der Waals surface area contributed by atoms with Gasteiger partial charge in [-0.3, -0.25) is 4.79 Å². The van der Waals surface area contributed by atoms with Crippen molar-refractivity contribution in [2.45, 2.75) is 18.9 Å². The van der Waals surface area contributed by atoms with E-state index < -0.39 is 17.5 Å². The molecular weight excluding hydrogens is 372 g/mol. The maximum Gasteiger partial charge on any atom is 0.316 e. The summed E-state index contributed by atoms with van der Waals surface area (Å²) in [4.78, 5) is 22.7. The second-order valence-electron chi connectivity index (χ2n) is 6.70. The van der Waals surface area contributed by atoms with Crippen molar-refractivity contribution in [2.24, 2.45) is 11.5 Å². The molecule has 0 spiro atoms. The highest BCUT2D eigenvalue weighted by molar-refractivity contribution is 6.00. The van der Waals surface area contributed by atoms with Crippen LogP contribution in [0.3, 0.4) is 0 Å². The van der Waals surface area contributed by atoms with E-state index in [1.54, 1.807) is 0 Å². The second-order valence-corrected chi connectivity index (χ2v) is 6.70. The second kappa shape index (κ2) is 8.00. The number of primary amides is 2. The molecule has 1 aromatic heterocycles. The highest BCUT2D eigenvalue weighted by atomic mass is 16.5. The summed E-state index contributed by atoms with van der Waals surface area (Å²) in [6, 6.07) is 8.60. The number of aromatic nitrogens is 2. The van der Waals surface area contributed by atoms with Gasteiger partial charge in [-0.25, -0.2) is 9.48 Å². The van der Waals surface area contributed by atoms with Gasteiger partial charge in [0.2, 0.25) is 0 Å². The Bertz CT molecular complexity index is 1050. The van der Waals surface area contributed by atoms with Gasteiger partial charge >= 0.3 is 6.03 Å². The molecule has 1 aliphatic rings. The first kappa shape index (κ1) is 19.9. The first-order chi connectivity index (χ1) is 13.8. The highest BCUT2D eigenvalue weighted by Crippen LogP contribution is 2.30. The summed E-state index contributed by atoms with van der Waals surface area (Å²) in [7, 11) is 0. The minimum Gasteiger partial charge on any atom is -0.364 e. The molecule has 148 valence electrons. The number of ether oxygens (including phenoxy) is 1. The van der Waals surface area contributed by atoms with Crippen LogP contribution < -0.4 is 16.8 Å². The van der Waals surface area contributed by atoms with Gasteiger partial charge in [-0.1, -0.05) is 24.3 Å². The molecule has 1 heterocycles. The SMILES string of the molecule is CC1(OCC#N)C=C(c2ccc(-n3cc(NC(N)=O)c(C(N)=O)n3)cc2)C=CC1. The average molecular weight is 392 g/mol. The molecule has 0 bridgehead atoms. The van der Waals surface area contributed by atoms with Gasteiger partial charge in [0.05, 0.1) is 29.2 Å². The molecule has 0 saturated heterocycles. The zero-order chi connectivity index (χ0) is 21.0. The van der Waals surface area contributed by atoms with E-state index in [1.807, 2.05) is 55.5 Å². The summed E-state index contributed by atoms with van der Waals surface area (Å²) in [6.07, 6.45) is 8.16. The van der Waals surface area contributed by atoms with E-state index in [4.69, 9.17) is 21.5 Å². The first-order valence-electron chi connectivity index (χ1n) is 8.78. The molecule has 3 amide bonds. The smallest absolute Gasteiger partial charge is 0.316 e. The molecule has 0 aliphatic heterocycles. The number of nitriles is 1. The number of benzene rings is 1. The number of carbonyl (C=O) groups is 2. The number of amides is 3. The standard InChI is InChI=1S/C20H20N6O3/c1-20(29-10-9-21)8-2-3-14(11-20)13-4-6-15(7-5-13)26-12-16(24-19(23)28)17(25-26)18(22)27/h2-7,11-12H,8,10H2,1H3,(H2,22,27)(H3,23,24,28). The number of allylic oxidation sites excluding steroid dienone is 2. The van der Waals surface area contributed by atoms with Gasteiger partial charge in [0.25, 0.3) is 5.91 Å². The van der Waals surface area contributed by atoms with Crippen LogP contribution in [0, 0.1) is 11.3 Å². The molecule has 1 aliphatic carbocycles. The lowest BCUT2D eigenvalue weighted by Crippen LogP contribution is -2.27. The fourth-order valence-electron chi connectivity index (χ4n) is 3.05. The quantitative estimate of drug-likeness (QED) is 0.688. The molecule has 3 rings (SSSR count). The van der Waals surface area contributed by atoms with Crippen LogP contribution in [0.5, 0.6) is 0 Å². The molecule has 2 aromatic rings. The Labute approximate surface area is 167 Å². The molecule has 1 atom stereocenters. The lowest BCUT2D eigenvalue weighted by atomic mass is 9.90. The van der Waals surface area contributed by atoms with Crippen molar-refractivity contribution < 1.29 is 14.3 Å². The minimum atomic E-state index is -0.819. The van der Waals surface area contributed by atoms with Crippen LogP contribution in [-0.4, -0.2) is 33.9 Å². The van der Waals surface area contributed by atoms with Crippen molar-refractivity contribution in [3.05, 3.63) is 59.9 Å². The number of anilines is 1.